The normalized spacial score (nSPS) is 14.2. The number of benzene rings is 1. The summed E-state index contributed by atoms with van der Waals surface area (Å²) >= 11 is 0. The predicted molar refractivity (Wildman–Crippen MR) is 90.3 cm³/mol. The van der Waals surface area contributed by atoms with Gasteiger partial charge in [-0.2, -0.15) is 0 Å². The van der Waals surface area contributed by atoms with Crippen molar-refractivity contribution in [2.75, 3.05) is 23.3 Å². The van der Waals surface area contributed by atoms with Gasteiger partial charge in [-0.1, -0.05) is 0 Å². The number of nitrogens with zero attached hydrogens (tertiary/aromatic N) is 3. The molecule has 1 aromatic carbocycles. The molecule has 26 heavy (non-hydrogen) atoms. The molecule has 2 heterocycles. The molecule has 0 spiro atoms. The zero-order chi connectivity index (χ0) is 18.5. The summed E-state index contributed by atoms with van der Waals surface area (Å²) in [5.41, 5.74) is -0.454. The van der Waals surface area contributed by atoms with Gasteiger partial charge >= 0.3 is 6.03 Å². The van der Waals surface area contributed by atoms with Crippen LogP contribution in [0.1, 0.15) is 25.1 Å². The minimum Gasteiger partial charge on any atom is -0.357 e. The van der Waals surface area contributed by atoms with E-state index >= 15 is 0 Å². The third kappa shape index (κ3) is 4.22. The van der Waals surface area contributed by atoms with E-state index in [1.54, 1.807) is 6.20 Å². The van der Waals surface area contributed by atoms with Gasteiger partial charge in [0.25, 0.3) is 0 Å². The number of hydrogen-bond donors (Lipinski definition) is 2. The molecule has 1 fully saturated rings. The molecule has 1 saturated heterocycles. The maximum atomic E-state index is 13.6. The van der Waals surface area contributed by atoms with Gasteiger partial charge in [-0.25, -0.2) is 27.9 Å². The molecule has 3 rings (SSSR count). The number of halogens is 3. The van der Waals surface area contributed by atoms with E-state index in [1.807, 2.05) is 6.07 Å². The van der Waals surface area contributed by atoms with Crippen molar-refractivity contribution in [3.8, 4) is 0 Å². The lowest BCUT2D eigenvalue weighted by molar-refractivity contribution is 0.251. The Labute approximate surface area is 148 Å². The fourth-order valence-corrected chi connectivity index (χ4v) is 2.72. The summed E-state index contributed by atoms with van der Waals surface area (Å²) < 4.78 is 39.6. The summed E-state index contributed by atoms with van der Waals surface area (Å²) in [6.45, 7) is 1.87. The zero-order valence-electron chi connectivity index (χ0n) is 13.9. The molecule has 0 aliphatic carbocycles. The van der Waals surface area contributed by atoms with Crippen LogP contribution in [0.25, 0.3) is 0 Å². The second kappa shape index (κ2) is 8.03. The molecule has 138 valence electrons. The predicted octanol–water partition coefficient (Wildman–Crippen LogP) is 3.21. The van der Waals surface area contributed by atoms with Crippen LogP contribution in [0.4, 0.5) is 29.5 Å². The minimum atomic E-state index is -1.64. The fourth-order valence-electron chi connectivity index (χ4n) is 2.72. The van der Waals surface area contributed by atoms with Gasteiger partial charge in [0.15, 0.2) is 17.5 Å². The third-order valence-corrected chi connectivity index (χ3v) is 4.06. The highest BCUT2D eigenvalue weighted by atomic mass is 19.2. The minimum absolute atomic E-state index is 0.0127. The first-order valence-electron chi connectivity index (χ1n) is 8.30. The highest BCUT2D eigenvalue weighted by molar-refractivity contribution is 5.89. The van der Waals surface area contributed by atoms with Crippen LogP contribution in [0.2, 0.25) is 0 Å². The molecule has 2 amide bonds. The van der Waals surface area contributed by atoms with E-state index in [1.165, 1.54) is 6.42 Å². The molecule has 2 aromatic rings. The van der Waals surface area contributed by atoms with E-state index in [0.717, 1.165) is 43.9 Å². The van der Waals surface area contributed by atoms with Crippen molar-refractivity contribution in [2.45, 2.75) is 25.8 Å². The Morgan fingerprint density at radius 3 is 2.62 bits per heavy atom. The molecule has 9 heteroatoms. The summed E-state index contributed by atoms with van der Waals surface area (Å²) in [7, 11) is 0. The Hall–Kier alpha value is -2.84. The third-order valence-electron chi connectivity index (χ3n) is 4.06. The number of anilines is 2. The van der Waals surface area contributed by atoms with Gasteiger partial charge in [0.2, 0.25) is 0 Å². The number of amides is 2. The Balaban J connectivity index is 1.58. The van der Waals surface area contributed by atoms with E-state index in [9.17, 15) is 18.0 Å². The summed E-state index contributed by atoms with van der Waals surface area (Å²) in [6.07, 6.45) is 5.04. The van der Waals surface area contributed by atoms with Crippen LogP contribution < -0.4 is 15.5 Å². The van der Waals surface area contributed by atoms with Gasteiger partial charge in [-0.05, 0) is 37.5 Å². The van der Waals surface area contributed by atoms with Crippen molar-refractivity contribution < 1.29 is 18.0 Å². The van der Waals surface area contributed by atoms with Gasteiger partial charge in [0.1, 0.15) is 11.6 Å². The standard InChI is InChI=1S/C17H18F3N5O/c18-11-4-5-12(16(20)15(11)19)23-17(26)22-10-13-21-7-6-14(24-13)25-8-2-1-3-9-25/h4-7H,1-3,8-10H2,(H2,22,23,26). The average Bonchev–Trinajstić information content (AvgIpc) is 2.68. The fraction of sp³-hybridized carbons (Fsp3) is 0.353. The van der Waals surface area contributed by atoms with Gasteiger partial charge in [0, 0.05) is 19.3 Å². The Bertz CT molecular complexity index is 796. The summed E-state index contributed by atoms with van der Waals surface area (Å²) in [6, 6.07) is 2.72. The van der Waals surface area contributed by atoms with Gasteiger partial charge in [0.05, 0.1) is 12.2 Å². The number of hydrogen-bond acceptors (Lipinski definition) is 4. The SMILES string of the molecule is O=C(NCc1nccc(N2CCCCC2)n1)Nc1ccc(F)c(F)c1F. The van der Waals surface area contributed by atoms with Gasteiger partial charge < -0.3 is 15.5 Å². The smallest absolute Gasteiger partial charge is 0.319 e. The Morgan fingerprint density at radius 1 is 1.08 bits per heavy atom. The molecule has 0 bridgehead atoms. The highest BCUT2D eigenvalue weighted by Crippen LogP contribution is 2.19. The van der Waals surface area contributed by atoms with Crippen LogP contribution in [0.15, 0.2) is 24.4 Å². The lowest BCUT2D eigenvalue weighted by Crippen LogP contribution is -2.32. The molecule has 2 N–H and O–H groups in total. The molecular weight excluding hydrogens is 347 g/mol. The Kier molecular flexibility index (Phi) is 5.55. The van der Waals surface area contributed by atoms with Crippen LogP contribution in [0.3, 0.4) is 0 Å². The quantitative estimate of drug-likeness (QED) is 0.817. The molecule has 6 nitrogen and oxygen atoms in total. The molecule has 0 saturated carbocycles. The number of piperidine rings is 1. The van der Waals surface area contributed by atoms with Crippen LogP contribution in [-0.2, 0) is 6.54 Å². The maximum Gasteiger partial charge on any atom is 0.319 e. The van der Waals surface area contributed by atoms with Gasteiger partial charge in [-0.15, -0.1) is 0 Å². The second-order valence-electron chi connectivity index (χ2n) is 5.91. The molecule has 0 atom stereocenters. The zero-order valence-corrected chi connectivity index (χ0v) is 13.9. The number of rotatable bonds is 4. The number of urea groups is 1. The second-order valence-corrected chi connectivity index (χ2v) is 5.91. The van der Waals surface area contributed by atoms with E-state index in [2.05, 4.69) is 25.5 Å². The van der Waals surface area contributed by atoms with Crippen LogP contribution in [-0.4, -0.2) is 29.1 Å². The number of carbonyl (C=O) groups excluding carboxylic acids is 1. The first kappa shape index (κ1) is 18.0. The van der Waals surface area contributed by atoms with Crippen molar-refractivity contribution in [1.82, 2.24) is 15.3 Å². The van der Waals surface area contributed by atoms with Crippen molar-refractivity contribution in [3.05, 3.63) is 47.7 Å². The summed E-state index contributed by atoms with van der Waals surface area (Å²) in [5, 5.41) is 4.59. The molecule has 0 unspecified atom stereocenters. The largest absolute Gasteiger partial charge is 0.357 e. The van der Waals surface area contributed by atoms with Crippen LogP contribution >= 0.6 is 0 Å². The summed E-state index contributed by atoms with van der Waals surface area (Å²) in [4.78, 5) is 22.5. The topological polar surface area (TPSA) is 70.2 Å². The van der Waals surface area contributed by atoms with Crippen molar-refractivity contribution in [1.29, 1.82) is 0 Å². The first-order valence-corrected chi connectivity index (χ1v) is 8.30. The van der Waals surface area contributed by atoms with E-state index in [4.69, 9.17) is 0 Å². The number of nitrogens with one attached hydrogen (secondary N) is 2. The van der Waals surface area contributed by atoms with E-state index in [-0.39, 0.29) is 6.54 Å². The van der Waals surface area contributed by atoms with Crippen molar-refractivity contribution >= 4 is 17.5 Å². The lowest BCUT2D eigenvalue weighted by Gasteiger charge is -2.27. The van der Waals surface area contributed by atoms with Crippen molar-refractivity contribution in [2.24, 2.45) is 0 Å². The summed E-state index contributed by atoms with van der Waals surface area (Å²) in [5.74, 6) is -3.22. The molecule has 1 aliphatic heterocycles. The highest BCUT2D eigenvalue weighted by Gasteiger charge is 2.16. The molecule has 1 aromatic heterocycles. The van der Waals surface area contributed by atoms with Crippen LogP contribution in [0.5, 0.6) is 0 Å². The van der Waals surface area contributed by atoms with E-state index < -0.39 is 29.2 Å². The number of carbonyl (C=O) groups is 1. The maximum absolute atomic E-state index is 13.6. The molecular formula is C17H18F3N5O. The van der Waals surface area contributed by atoms with Gasteiger partial charge in [-0.3, -0.25) is 0 Å². The Morgan fingerprint density at radius 2 is 1.85 bits per heavy atom. The number of aromatic nitrogens is 2. The molecule has 0 radical (unpaired) electrons. The monoisotopic (exact) mass is 365 g/mol. The van der Waals surface area contributed by atoms with E-state index in [0.29, 0.717) is 5.82 Å². The van der Waals surface area contributed by atoms with Crippen LogP contribution in [0, 0.1) is 17.5 Å². The van der Waals surface area contributed by atoms with Crippen molar-refractivity contribution in [3.63, 3.8) is 0 Å². The average molecular weight is 365 g/mol. The molecule has 1 aliphatic rings. The lowest BCUT2D eigenvalue weighted by atomic mass is 10.1. The first-order chi connectivity index (χ1) is 12.5.